The number of alkyl halides is 9. The van der Waals surface area contributed by atoms with Gasteiger partial charge in [0.15, 0.2) is 14.9 Å². The molecule has 0 bridgehead atoms. The highest BCUT2D eigenvalue weighted by Crippen LogP contribution is 2.39. The number of nitrogens with zero attached hydrogens (tertiary/aromatic N) is 5. The molecule has 17 heteroatoms. The van der Waals surface area contributed by atoms with E-state index in [0.29, 0.717) is 16.7 Å². The van der Waals surface area contributed by atoms with Gasteiger partial charge in [0.1, 0.15) is 34.0 Å². The van der Waals surface area contributed by atoms with Crippen LogP contribution in [0, 0.1) is 0 Å². The maximum absolute atomic E-state index is 13.6. The molecule has 0 saturated carbocycles. The number of pyridine rings is 3. The van der Waals surface area contributed by atoms with E-state index in [0.717, 1.165) is 28.8 Å². The van der Waals surface area contributed by atoms with Crippen molar-refractivity contribution in [2.75, 3.05) is 5.75 Å². The lowest BCUT2D eigenvalue weighted by Crippen LogP contribution is -2.14. The Morgan fingerprint density at radius 3 is 2.00 bits per heavy atom. The molecule has 0 aliphatic rings. The zero-order valence-electron chi connectivity index (χ0n) is 19.1. The first kappa shape index (κ1) is 26.7. The molecule has 0 aromatic carbocycles. The Bertz CT molecular complexity index is 1880. The van der Waals surface area contributed by atoms with Gasteiger partial charge in [-0.25, -0.2) is 23.4 Å². The van der Waals surface area contributed by atoms with E-state index in [2.05, 4.69) is 15.0 Å². The van der Waals surface area contributed by atoms with Gasteiger partial charge in [0, 0.05) is 17.8 Å². The molecule has 0 aliphatic heterocycles. The molecule has 0 N–H and O–H groups in total. The van der Waals surface area contributed by atoms with Gasteiger partial charge in [-0.2, -0.15) is 39.5 Å². The van der Waals surface area contributed by atoms with Crippen molar-refractivity contribution < 1.29 is 47.9 Å². The number of imidazole rings is 2. The highest BCUT2D eigenvalue weighted by atomic mass is 32.2. The first-order valence-corrected chi connectivity index (χ1v) is 12.4. The van der Waals surface area contributed by atoms with Crippen molar-refractivity contribution in [3.05, 3.63) is 59.5 Å². The van der Waals surface area contributed by atoms with Crippen LogP contribution in [0.25, 0.3) is 33.7 Å². The van der Waals surface area contributed by atoms with E-state index in [1.54, 1.807) is 0 Å². The van der Waals surface area contributed by atoms with Gasteiger partial charge in [0.05, 0.1) is 16.9 Å². The number of aromatic nitrogens is 5. The van der Waals surface area contributed by atoms with Crippen LogP contribution in [0.1, 0.15) is 23.7 Å². The monoisotopic (exact) mass is 581 g/mol. The summed E-state index contributed by atoms with van der Waals surface area (Å²) >= 11 is 0. The summed E-state index contributed by atoms with van der Waals surface area (Å²) < 4.78 is 148. The molecule has 0 unspecified atom stereocenters. The minimum Gasteiger partial charge on any atom is -0.289 e. The summed E-state index contributed by atoms with van der Waals surface area (Å²) in [7, 11) is -4.28. The quantitative estimate of drug-likeness (QED) is 0.243. The molecule has 39 heavy (non-hydrogen) atoms. The summed E-state index contributed by atoms with van der Waals surface area (Å²) in [6, 6.07) is 3.37. The molecule has 0 atom stereocenters. The molecule has 0 radical (unpaired) electrons. The molecular formula is C22H12F9N5O2S. The summed E-state index contributed by atoms with van der Waals surface area (Å²) in [5.41, 5.74) is -6.62. The van der Waals surface area contributed by atoms with Gasteiger partial charge in [-0.05, 0) is 30.3 Å². The molecule has 5 heterocycles. The molecule has 0 fully saturated rings. The smallest absolute Gasteiger partial charge is 0.289 e. The molecule has 0 saturated heterocycles. The first-order valence-electron chi connectivity index (χ1n) is 10.7. The Morgan fingerprint density at radius 1 is 0.769 bits per heavy atom. The van der Waals surface area contributed by atoms with Crippen LogP contribution in [0.15, 0.2) is 47.8 Å². The fourth-order valence-electron chi connectivity index (χ4n) is 4.01. The summed E-state index contributed by atoms with van der Waals surface area (Å²) in [6.07, 6.45) is -13.8. The number of hydrogen-bond acceptors (Lipinski definition) is 5. The van der Waals surface area contributed by atoms with Gasteiger partial charge < -0.3 is 0 Å². The predicted octanol–water partition coefficient (Wildman–Crippen LogP) is 6.05. The number of fused-ring (bicyclic) bond motifs is 4. The average Bonchev–Trinajstić information content (AvgIpc) is 3.43. The molecule has 7 nitrogen and oxygen atoms in total. The number of halogens is 9. The molecule has 5 aromatic rings. The Hall–Kier alpha value is -3.89. The van der Waals surface area contributed by atoms with E-state index in [-0.39, 0.29) is 23.1 Å². The van der Waals surface area contributed by atoms with Crippen molar-refractivity contribution in [3.8, 4) is 11.4 Å². The second-order valence-electron chi connectivity index (χ2n) is 8.29. The summed E-state index contributed by atoms with van der Waals surface area (Å²) in [4.78, 5) is 11.5. The van der Waals surface area contributed by atoms with Gasteiger partial charge >= 0.3 is 18.5 Å². The summed E-state index contributed by atoms with van der Waals surface area (Å²) in [5, 5.41) is -1.38. The van der Waals surface area contributed by atoms with Gasteiger partial charge in [-0.1, -0.05) is 6.92 Å². The van der Waals surface area contributed by atoms with E-state index in [4.69, 9.17) is 0 Å². The largest absolute Gasteiger partial charge is 0.433 e. The summed E-state index contributed by atoms with van der Waals surface area (Å²) in [6.45, 7) is 1.23. The predicted molar refractivity (Wildman–Crippen MR) is 117 cm³/mol. The van der Waals surface area contributed by atoms with Crippen molar-refractivity contribution in [2.45, 2.75) is 30.5 Å². The molecule has 0 spiro atoms. The normalized spacial score (nSPS) is 13.7. The average molecular weight is 581 g/mol. The van der Waals surface area contributed by atoms with Crippen molar-refractivity contribution in [2.24, 2.45) is 0 Å². The minimum absolute atomic E-state index is 0.127. The zero-order chi connectivity index (χ0) is 28.7. The summed E-state index contributed by atoms with van der Waals surface area (Å²) in [5.74, 6) is -0.564. The molecule has 5 rings (SSSR count). The van der Waals surface area contributed by atoms with E-state index >= 15 is 0 Å². The van der Waals surface area contributed by atoms with Crippen LogP contribution in [-0.4, -0.2) is 37.9 Å². The third-order valence-electron chi connectivity index (χ3n) is 5.81. The topological polar surface area (TPSA) is 81.6 Å². The van der Waals surface area contributed by atoms with Gasteiger partial charge in [0.2, 0.25) is 0 Å². The van der Waals surface area contributed by atoms with Gasteiger partial charge in [0.25, 0.3) is 0 Å². The molecule has 5 aromatic heterocycles. The van der Waals surface area contributed by atoms with Crippen molar-refractivity contribution in [1.82, 2.24) is 23.8 Å². The van der Waals surface area contributed by atoms with Crippen LogP contribution in [0.3, 0.4) is 0 Å². The third-order valence-corrected chi connectivity index (χ3v) is 7.55. The lowest BCUT2D eigenvalue weighted by atomic mass is 10.1. The second-order valence-corrected chi connectivity index (χ2v) is 10.5. The van der Waals surface area contributed by atoms with Crippen LogP contribution in [0.5, 0.6) is 0 Å². The fourth-order valence-corrected chi connectivity index (χ4v) is 5.18. The Labute approximate surface area is 211 Å². The highest BCUT2D eigenvalue weighted by Gasteiger charge is 2.40. The maximum atomic E-state index is 13.6. The van der Waals surface area contributed by atoms with E-state index in [1.165, 1.54) is 6.92 Å². The van der Waals surface area contributed by atoms with E-state index in [9.17, 15) is 47.9 Å². The second kappa shape index (κ2) is 8.30. The Kier molecular flexibility index (Phi) is 5.69. The van der Waals surface area contributed by atoms with Crippen molar-refractivity contribution in [3.63, 3.8) is 0 Å². The van der Waals surface area contributed by atoms with Crippen LogP contribution in [-0.2, 0) is 28.4 Å². The molecular weight excluding hydrogens is 569 g/mol. The SMILES string of the molecule is CCS(=O)(=O)c1c(-c2cn3c(ccc4c(C(F)(F)F)cc(C(F)(F)F)nc43)n2)nc2ccc(C(F)(F)F)cn12. The van der Waals surface area contributed by atoms with E-state index in [1.807, 2.05) is 0 Å². The maximum Gasteiger partial charge on any atom is 0.433 e. The zero-order valence-corrected chi connectivity index (χ0v) is 19.9. The molecule has 0 aliphatic carbocycles. The van der Waals surface area contributed by atoms with Crippen LogP contribution >= 0.6 is 0 Å². The Balaban J connectivity index is 1.85. The van der Waals surface area contributed by atoms with Crippen molar-refractivity contribution >= 4 is 32.2 Å². The van der Waals surface area contributed by atoms with Crippen LogP contribution < -0.4 is 0 Å². The fraction of sp³-hybridized carbons (Fsp3) is 0.227. The highest BCUT2D eigenvalue weighted by molar-refractivity contribution is 7.91. The standard InChI is InChI=1S/C22H12F9N5O2S/c1-2-39(37,38)19-17(34-16-5-3-10(8-36(16)19)20(23,24)25)13-9-35-15(32-13)6-4-11-12(21(26,27)28)7-14(22(29,30)31)33-18(11)35/h3-9H,2H2,1H3. The lowest BCUT2D eigenvalue weighted by molar-refractivity contribution is -0.144. The lowest BCUT2D eigenvalue weighted by Gasteiger charge is -2.14. The van der Waals surface area contributed by atoms with Gasteiger partial charge in [-0.15, -0.1) is 0 Å². The third kappa shape index (κ3) is 4.43. The first-order chi connectivity index (χ1) is 17.9. The van der Waals surface area contributed by atoms with Crippen molar-refractivity contribution in [1.29, 1.82) is 0 Å². The Morgan fingerprint density at radius 2 is 1.41 bits per heavy atom. The number of rotatable bonds is 3. The van der Waals surface area contributed by atoms with E-state index < -0.39 is 72.7 Å². The molecule has 0 amide bonds. The van der Waals surface area contributed by atoms with Gasteiger partial charge in [-0.3, -0.25) is 8.80 Å². The number of hydrogen-bond donors (Lipinski definition) is 0. The van der Waals surface area contributed by atoms with Crippen LogP contribution in [0.4, 0.5) is 39.5 Å². The van der Waals surface area contributed by atoms with Crippen LogP contribution in [0.2, 0.25) is 0 Å². The molecule has 206 valence electrons. The number of sulfone groups is 1. The minimum atomic E-state index is -5.24.